The molecule has 2 unspecified atom stereocenters. The maximum atomic E-state index is 10.2. The second-order valence-corrected chi connectivity index (χ2v) is 1.96. The van der Waals surface area contributed by atoms with Crippen LogP contribution in [-0.4, -0.2) is 30.1 Å². The molecule has 1 fully saturated rings. The fourth-order valence-electron chi connectivity index (χ4n) is 0.580. The number of aliphatic hydroxyl groups excluding tert-OH is 1. The molecule has 0 aromatic carbocycles. The van der Waals surface area contributed by atoms with Gasteiger partial charge in [0.25, 0.3) is 0 Å². The predicted molar refractivity (Wildman–Crippen MR) is 27.9 cm³/mol. The molecule has 1 saturated heterocycles. The molecule has 4 heteroatoms. The summed E-state index contributed by atoms with van der Waals surface area (Å²) >= 11 is 0. The summed E-state index contributed by atoms with van der Waals surface area (Å²) < 4.78 is 8.92. The van der Waals surface area contributed by atoms with Gasteiger partial charge >= 0.3 is 6.16 Å². The van der Waals surface area contributed by atoms with E-state index in [1.54, 1.807) is 6.92 Å². The number of carbonyl (C=O) groups excluding carboxylic acids is 1. The van der Waals surface area contributed by atoms with Gasteiger partial charge < -0.3 is 14.6 Å². The van der Waals surface area contributed by atoms with Crippen LogP contribution >= 0.6 is 0 Å². The Labute approximate surface area is 52.4 Å². The van der Waals surface area contributed by atoms with E-state index >= 15 is 0 Å². The summed E-state index contributed by atoms with van der Waals surface area (Å²) in [6.07, 6.45) is -1.81. The lowest BCUT2D eigenvalue weighted by molar-refractivity contribution is 0.0436. The number of ether oxygens (including phenoxy) is 2. The third-order valence-electron chi connectivity index (χ3n) is 1.15. The molecule has 0 aromatic rings. The summed E-state index contributed by atoms with van der Waals surface area (Å²) in [6.45, 7) is 1.71. The SMILES string of the molecule is CC(O)C1COC(=O)O1. The van der Waals surface area contributed by atoms with E-state index in [9.17, 15) is 4.79 Å². The van der Waals surface area contributed by atoms with Crippen molar-refractivity contribution in [2.75, 3.05) is 6.61 Å². The first-order chi connectivity index (χ1) is 4.20. The van der Waals surface area contributed by atoms with E-state index in [2.05, 4.69) is 9.47 Å². The first kappa shape index (κ1) is 6.35. The molecule has 52 valence electrons. The Morgan fingerprint density at radius 3 is 2.78 bits per heavy atom. The molecular formula is C5H8O4. The van der Waals surface area contributed by atoms with E-state index < -0.39 is 18.4 Å². The zero-order valence-electron chi connectivity index (χ0n) is 5.03. The van der Waals surface area contributed by atoms with Gasteiger partial charge in [0, 0.05) is 0 Å². The highest BCUT2D eigenvalue weighted by Gasteiger charge is 2.28. The van der Waals surface area contributed by atoms with Crippen LogP contribution in [0.25, 0.3) is 0 Å². The van der Waals surface area contributed by atoms with Gasteiger partial charge in [-0.1, -0.05) is 0 Å². The molecule has 1 aliphatic rings. The molecule has 0 radical (unpaired) electrons. The number of carbonyl (C=O) groups is 1. The standard InChI is InChI=1S/C5H8O4/c1-3(6)4-2-8-5(7)9-4/h3-4,6H,2H2,1H3. The van der Waals surface area contributed by atoms with Crippen molar-refractivity contribution in [1.29, 1.82) is 0 Å². The van der Waals surface area contributed by atoms with Gasteiger partial charge in [-0.25, -0.2) is 4.79 Å². The molecule has 9 heavy (non-hydrogen) atoms. The van der Waals surface area contributed by atoms with E-state index in [1.165, 1.54) is 0 Å². The van der Waals surface area contributed by atoms with Crippen LogP contribution in [0.15, 0.2) is 0 Å². The fraction of sp³-hybridized carbons (Fsp3) is 0.800. The minimum absolute atomic E-state index is 0.163. The molecule has 1 heterocycles. The van der Waals surface area contributed by atoms with E-state index in [1.807, 2.05) is 0 Å². The van der Waals surface area contributed by atoms with Gasteiger partial charge in [0.05, 0.1) is 6.10 Å². The van der Waals surface area contributed by atoms with Crippen LogP contribution in [0.1, 0.15) is 6.92 Å². The van der Waals surface area contributed by atoms with E-state index in [0.717, 1.165) is 0 Å². The molecule has 0 amide bonds. The van der Waals surface area contributed by atoms with Crippen LogP contribution < -0.4 is 0 Å². The third kappa shape index (κ3) is 1.32. The monoisotopic (exact) mass is 132 g/mol. The van der Waals surface area contributed by atoms with Crippen molar-refractivity contribution in [3.8, 4) is 0 Å². The fourth-order valence-corrected chi connectivity index (χ4v) is 0.580. The van der Waals surface area contributed by atoms with Crippen molar-refractivity contribution in [2.45, 2.75) is 19.1 Å². The Morgan fingerprint density at radius 1 is 1.89 bits per heavy atom. The highest BCUT2D eigenvalue weighted by Crippen LogP contribution is 2.08. The largest absolute Gasteiger partial charge is 0.508 e. The van der Waals surface area contributed by atoms with E-state index in [0.29, 0.717) is 0 Å². The van der Waals surface area contributed by atoms with E-state index in [4.69, 9.17) is 5.11 Å². The Kier molecular flexibility index (Phi) is 1.57. The van der Waals surface area contributed by atoms with Gasteiger partial charge in [-0.3, -0.25) is 0 Å². The second-order valence-electron chi connectivity index (χ2n) is 1.96. The molecule has 1 N–H and O–H groups in total. The maximum absolute atomic E-state index is 10.2. The highest BCUT2D eigenvalue weighted by molar-refractivity contribution is 5.61. The van der Waals surface area contributed by atoms with Gasteiger partial charge in [-0.2, -0.15) is 0 Å². The zero-order chi connectivity index (χ0) is 6.85. The van der Waals surface area contributed by atoms with Crippen molar-refractivity contribution in [3.05, 3.63) is 0 Å². The lowest BCUT2D eigenvalue weighted by Crippen LogP contribution is -2.24. The van der Waals surface area contributed by atoms with Crippen LogP contribution in [0.3, 0.4) is 0 Å². The lowest BCUT2D eigenvalue weighted by Gasteiger charge is -2.07. The highest BCUT2D eigenvalue weighted by atomic mass is 16.8. The van der Waals surface area contributed by atoms with Gasteiger partial charge in [0.1, 0.15) is 6.61 Å². The summed E-state index contributed by atoms with van der Waals surface area (Å²) in [5, 5.41) is 8.81. The van der Waals surface area contributed by atoms with E-state index in [-0.39, 0.29) is 6.61 Å². The lowest BCUT2D eigenvalue weighted by atomic mass is 10.2. The molecule has 0 aromatic heterocycles. The second kappa shape index (κ2) is 2.23. The summed E-state index contributed by atoms with van der Waals surface area (Å²) in [5.74, 6) is 0. The molecule has 0 aliphatic carbocycles. The summed E-state index contributed by atoms with van der Waals surface area (Å²) in [4.78, 5) is 10.2. The van der Waals surface area contributed by atoms with Crippen LogP contribution in [0.4, 0.5) is 4.79 Å². The quantitative estimate of drug-likeness (QED) is 0.506. The van der Waals surface area contributed by atoms with Gasteiger partial charge in [0.15, 0.2) is 6.10 Å². The molecule has 1 rings (SSSR count). The maximum Gasteiger partial charge on any atom is 0.508 e. The van der Waals surface area contributed by atoms with Crippen LogP contribution in [0.5, 0.6) is 0 Å². The van der Waals surface area contributed by atoms with Crippen LogP contribution in [-0.2, 0) is 9.47 Å². The molecule has 0 saturated carbocycles. The number of aliphatic hydroxyl groups is 1. The molecular weight excluding hydrogens is 124 g/mol. The Morgan fingerprint density at radius 2 is 2.56 bits per heavy atom. The Hall–Kier alpha value is -0.770. The van der Waals surface area contributed by atoms with Crippen molar-refractivity contribution in [2.24, 2.45) is 0 Å². The number of cyclic esters (lactones) is 2. The topological polar surface area (TPSA) is 55.8 Å². The van der Waals surface area contributed by atoms with Crippen LogP contribution in [0, 0.1) is 0 Å². The van der Waals surface area contributed by atoms with Gasteiger partial charge in [0.2, 0.25) is 0 Å². The molecule has 0 spiro atoms. The molecule has 1 aliphatic heterocycles. The Balaban J connectivity index is 2.39. The minimum Gasteiger partial charge on any atom is -0.430 e. The average molecular weight is 132 g/mol. The van der Waals surface area contributed by atoms with Gasteiger partial charge in [-0.05, 0) is 6.92 Å². The molecule has 4 nitrogen and oxygen atoms in total. The zero-order valence-corrected chi connectivity index (χ0v) is 5.03. The molecule has 2 atom stereocenters. The van der Waals surface area contributed by atoms with Crippen molar-refractivity contribution >= 4 is 6.16 Å². The number of hydrogen-bond acceptors (Lipinski definition) is 4. The van der Waals surface area contributed by atoms with Crippen molar-refractivity contribution < 1.29 is 19.4 Å². The van der Waals surface area contributed by atoms with Crippen molar-refractivity contribution in [3.63, 3.8) is 0 Å². The Bertz CT molecular complexity index is 120. The first-order valence-electron chi connectivity index (χ1n) is 2.71. The average Bonchev–Trinajstić information content (AvgIpc) is 2.14. The predicted octanol–water partition coefficient (Wildman–Crippen LogP) is -0.0974. The third-order valence-corrected chi connectivity index (χ3v) is 1.15. The van der Waals surface area contributed by atoms with Gasteiger partial charge in [-0.15, -0.1) is 0 Å². The summed E-state index contributed by atoms with van der Waals surface area (Å²) in [6, 6.07) is 0. The summed E-state index contributed by atoms with van der Waals surface area (Å²) in [5.41, 5.74) is 0. The normalized spacial score (nSPS) is 29.1. The minimum atomic E-state index is -0.694. The number of rotatable bonds is 1. The van der Waals surface area contributed by atoms with Crippen LogP contribution in [0.2, 0.25) is 0 Å². The first-order valence-corrected chi connectivity index (χ1v) is 2.71. The smallest absolute Gasteiger partial charge is 0.430 e. The van der Waals surface area contributed by atoms with Crippen molar-refractivity contribution in [1.82, 2.24) is 0 Å². The number of hydrogen-bond donors (Lipinski definition) is 1. The summed E-state index contributed by atoms with van der Waals surface area (Å²) in [7, 11) is 0. The molecule has 0 bridgehead atoms.